The van der Waals surface area contributed by atoms with Gasteiger partial charge in [0.15, 0.2) is 5.69 Å². The van der Waals surface area contributed by atoms with Crippen molar-refractivity contribution in [3.05, 3.63) is 47.2 Å². The zero-order valence-corrected chi connectivity index (χ0v) is 15.3. The predicted octanol–water partition coefficient (Wildman–Crippen LogP) is 3.61. The molecule has 25 heavy (non-hydrogen) atoms. The molecule has 134 valence electrons. The van der Waals surface area contributed by atoms with Gasteiger partial charge in [-0.2, -0.15) is 0 Å². The minimum atomic E-state index is -0.255. The number of nitrogens with zero attached hydrogens (tertiary/aromatic N) is 2. The quantitative estimate of drug-likeness (QED) is 0.717. The Morgan fingerprint density at radius 3 is 2.64 bits per heavy atom. The monoisotopic (exact) mass is 342 g/mol. The first-order valence-corrected chi connectivity index (χ1v) is 8.50. The van der Waals surface area contributed by atoms with Crippen molar-refractivity contribution in [1.82, 2.24) is 10.2 Å². The van der Waals surface area contributed by atoms with Crippen LogP contribution >= 0.6 is 0 Å². The van der Waals surface area contributed by atoms with Gasteiger partial charge in [0.1, 0.15) is 5.82 Å². The molecule has 1 aromatic heterocycles. The summed E-state index contributed by atoms with van der Waals surface area (Å²) in [5.41, 5.74) is 3.29. The van der Waals surface area contributed by atoms with Crippen LogP contribution in [0.1, 0.15) is 47.8 Å². The lowest BCUT2D eigenvalue weighted by molar-refractivity contribution is 0.102. The highest BCUT2D eigenvalue weighted by atomic mass is 16.5. The van der Waals surface area contributed by atoms with Crippen LogP contribution in [0.3, 0.4) is 0 Å². The molecule has 1 aromatic carbocycles. The van der Waals surface area contributed by atoms with Gasteiger partial charge in [0.25, 0.3) is 5.91 Å². The Hall–Kier alpha value is -2.47. The second-order valence-electron chi connectivity index (χ2n) is 6.22. The molecular weight excluding hydrogens is 316 g/mol. The number of methoxy groups -OCH3 is 1. The molecule has 0 saturated heterocycles. The normalized spacial score (nSPS) is 10.8. The number of hydrogen-bond acceptors (Lipinski definition) is 5. The maximum atomic E-state index is 12.5. The fourth-order valence-electron chi connectivity index (χ4n) is 2.50. The summed E-state index contributed by atoms with van der Waals surface area (Å²) in [4.78, 5) is 12.5. The van der Waals surface area contributed by atoms with Gasteiger partial charge in [-0.15, -0.1) is 10.2 Å². The van der Waals surface area contributed by atoms with Gasteiger partial charge in [0.05, 0.1) is 0 Å². The molecule has 0 radical (unpaired) electrons. The lowest BCUT2D eigenvalue weighted by Gasteiger charge is -2.16. The molecule has 1 heterocycles. The largest absolute Gasteiger partial charge is 0.385 e. The molecule has 0 saturated carbocycles. The number of aryl methyl sites for hydroxylation is 1. The first kappa shape index (κ1) is 18.9. The van der Waals surface area contributed by atoms with Crippen LogP contribution in [0.5, 0.6) is 0 Å². The van der Waals surface area contributed by atoms with Crippen molar-refractivity contribution in [3.63, 3.8) is 0 Å². The summed E-state index contributed by atoms with van der Waals surface area (Å²) >= 11 is 0. The molecule has 2 aromatic rings. The fourth-order valence-corrected chi connectivity index (χ4v) is 2.50. The van der Waals surface area contributed by atoms with Crippen LogP contribution in [0.25, 0.3) is 0 Å². The Morgan fingerprint density at radius 1 is 1.20 bits per heavy atom. The third-order valence-electron chi connectivity index (χ3n) is 3.89. The van der Waals surface area contributed by atoms with E-state index in [9.17, 15) is 4.79 Å². The van der Waals surface area contributed by atoms with Gasteiger partial charge >= 0.3 is 0 Å². The van der Waals surface area contributed by atoms with Crippen LogP contribution in [0.4, 0.5) is 11.5 Å². The summed E-state index contributed by atoms with van der Waals surface area (Å²) in [5.74, 6) is 0.709. The Labute approximate surface area is 149 Å². The van der Waals surface area contributed by atoms with E-state index in [0.29, 0.717) is 24.0 Å². The van der Waals surface area contributed by atoms with E-state index in [1.807, 2.05) is 25.1 Å². The van der Waals surface area contributed by atoms with Gasteiger partial charge in [-0.25, -0.2) is 0 Å². The molecule has 0 aliphatic heterocycles. The number of amides is 1. The highest BCUT2D eigenvalue weighted by molar-refractivity contribution is 6.03. The molecule has 2 N–H and O–H groups in total. The first-order valence-electron chi connectivity index (χ1n) is 8.50. The Morgan fingerprint density at radius 2 is 2.00 bits per heavy atom. The number of hydrogen-bond donors (Lipinski definition) is 2. The number of ether oxygens (including phenoxy) is 1. The lowest BCUT2D eigenvalue weighted by atomic mass is 9.98. The van der Waals surface area contributed by atoms with Crippen LogP contribution < -0.4 is 10.6 Å². The average Bonchev–Trinajstić information content (AvgIpc) is 2.60. The third-order valence-corrected chi connectivity index (χ3v) is 3.89. The minimum Gasteiger partial charge on any atom is -0.385 e. The van der Waals surface area contributed by atoms with Crippen molar-refractivity contribution < 1.29 is 9.53 Å². The number of rotatable bonds is 8. The van der Waals surface area contributed by atoms with E-state index in [2.05, 4.69) is 34.7 Å². The minimum absolute atomic E-state index is 0.255. The standard InChI is InChI=1S/C19H26N4O2/c1-13(2)15-8-5-7-14(3)18(15)21-19(24)16-9-10-17(23-22-16)20-11-6-12-25-4/h5,7-10,13H,6,11-12H2,1-4H3,(H,20,23)(H,21,24). The van der Waals surface area contributed by atoms with Gasteiger partial charge in [-0.1, -0.05) is 32.0 Å². The number of carbonyl (C=O) groups excluding carboxylic acids is 1. The summed E-state index contributed by atoms with van der Waals surface area (Å²) in [6.45, 7) is 7.63. The number of nitrogens with one attached hydrogen (secondary N) is 2. The highest BCUT2D eigenvalue weighted by Crippen LogP contribution is 2.27. The van der Waals surface area contributed by atoms with E-state index in [0.717, 1.165) is 29.8 Å². The van der Waals surface area contributed by atoms with Crippen molar-refractivity contribution >= 4 is 17.4 Å². The van der Waals surface area contributed by atoms with E-state index in [-0.39, 0.29) is 5.91 Å². The summed E-state index contributed by atoms with van der Waals surface area (Å²) < 4.78 is 4.99. The Balaban J connectivity index is 2.04. The Bertz CT molecular complexity index is 699. The molecule has 0 unspecified atom stereocenters. The van der Waals surface area contributed by atoms with Crippen molar-refractivity contribution in [2.24, 2.45) is 0 Å². The summed E-state index contributed by atoms with van der Waals surface area (Å²) in [6.07, 6.45) is 0.881. The molecule has 0 aliphatic carbocycles. The van der Waals surface area contributed by atoms with Crippen molar-refractivity contribution in [3.8, 4) is 0 Å². The topological polar surface area (TPSA) is 76.1 Å². The Kier molecular flexibility index (Phi) is 6.89. The molecule has 2 rings (SSSR count). The molecule has 6 nitrogen and oxygen atoms in total. The number of anilines is 2. The molecule has 0 bridgehead atoms. The maximum absolute atomic E-state index is 12.5. The van der Waals surface area contributed by atoms with Gasteiger partial charge in [0.2, 0.25) is 0 Å². The molecule has 1 amide bonds. The first-order chi connectivity index (χ1) is 12.0. The van der Waals surface area contributed by atoms with Gasteiger partial charge < -0.3 is 15.4 Å². The summed E-state index contributed by atoms with van der Waals surface area (Å²) in [5, 5.41) is 14.2. The maximum Gasteiger partial charge on any atom is 0.276 e. The number of benzene rings is 1. The van der Waals surface area contributed by atoms with Gasteiger partial charge in [-0.3, -0.25) is 4.79 Å². The van der Waals surface area contributed by atoms with Crippen molar-refractivity contribution in [2.45, 2.75) is 33.1 Å². The van der Waals surface area contributed by atoms with E-state index >= 15 is 0 Å². The van der Waals surface area contributed by atoms with Gasteiger partial charge in [-0.05, 0) is 42.5 Å². The number of para-hydroxylation sites is 1. The van der Waals surface area contributed by atoms with Gasteiger partial charge in [0, 0.05) is 25.9 Å². The lowest BCUT2D eigenvalue weighted by Crippen LogP contribution is -2.17. The molecular formula is C19H26N4O2. The molecule has 0 spiro atoms. The van der Waals surface area contributed by atoms with E-state index in [1.54, 1.807) is 19.2 Å². The van der Waals surface area contributed by atoms with Crippen molar-refractivity contribution in [2.75, 3.05) is 30.9 Å². The number of carbonyl (C=O) groups is 1. The second kappa shape index (κ2) is 9.13. The molecule has 0 atom stereocenters. The fraction of sp³-hybridized carbons (Fsp3) is 0.421. The molecule has 0 aliphatic rings. The van der Waals surface area contributed by atoms with E-state index < -0.39 is 0 Å². The van der Waals surface area contributed by atoms with Crippen LogP contribution in [-0.2, 0) is 4.74 Å². The average molecular weight is 342 g/mol. The zero-order valence-electron chi connectivity index (χ0n) is 15.3. The van der Waals surface area contributed by atoms with E-state index in [1.165, 1.54) is 0 Å². The SMILES string of the molecule is COCCCNc1ccc(C(=O)Nc2c(C)cccc2C(C)C)nn1. The zero-order chi connectivity index (χ0) is 18.2. The predicted molar refractivity (Wildman–Crippen MR) is 100 cm³/mol. The van der Waals surface area contributed by atoms with Crippen molar-refractivity contribution in [1.29, 1.82) is 0 Å². The summed E-state index contributed by atoms with van der Waals surface area (Å²) in [6, 6.07) is 9.46. The highest BCUT2D eigenvalue weighted by Gasteiger charge is 2.14. The van der Waals surface area contributed by atoms with E-state index in [4.69, 9.17) is 4.74 Å². The van der Waals surface area contributed by atoms with Crippen LogP contribution in [0.15, 0.2) is 30.3 Å². The van der Waals surface area contributed by atoms with Crippen LogP contribution in [0.2, 0.25) is 0 Å². The smallest absolute Gasteiger partial charge is 0.276 e. The molecule has 6 heteroatoms. The van der Waals surface area contributed by atoms with Crippen LogP contribution in [0, 0.1) is 6.92 Å². The summed E-state index contributed by atoms with van der Waals surface area (Å²) in [7, 11) is 1.67. The third kappa shape index (κ3) is 5.26. The molecule has 0 fully saturated rings. The van der Waals surface area contributed by atoms with Crippen LogP contribution in [-0.4, -0.2) is 36.4 Å². The number of aromatic nitrogens is 2. The second-order valence-corrected chi connectivity index (χ2v) is 6.22.